The van der Waals surface area contributed by atoms with E-state index >= 15 is 0 Å². The van der Waals surface area contributed by atoms with E-state index in [-0.39, 0.29) is 0 Å². The summed E-state index contributed by atoms with van der Waals surface area (Å²) < 4.78 is 0. The van der Waals surface area contributed by atoms with Crippen molar-refractivity contribution in [3.8, 4) is 0 Å². The van der Waals surface area contributed by atoms with Crippen LogP contribution in [0.2, 0.25) is 0 Å². The lowest BCUT2D eigenvalue weighted by molar-refractivity contribution is 0.488. The minimum absolute atomic E-state index is 0.463. The van der Waals surface area contributed by atoms with Crippen molar-refractivity contribution >= 4 is 5.82 Å². The molecule has 2 rings (SSSR count). The fraction of sp³-hybridized carbons (Fsp3) is 0.667. The van der Waals surface area contributed by atoms with Gasteiger partial charge in [0.15, 0.2) is 5.82 Å². The Balaban J connectivity index is 2.28. The van der Waals surface area contributed by atoms with Crippen LogP contribution in [0, 0.1) is 5.92 Å². The van der Waals surface area contributed by atoms with Gasteiger partial charge in [-0.15, -0.1) is 0 Å². The minimum Gasteiger partial charge on any atom is -0.352 e. The normalized spacial score (nSPS) is 20.8. The van der Waals surface area contributed by atoms with Crippen molar-refractivity contribution in [2.24, 2.45) is 11.7 Å². The second kappa shape index (κ2) is 4.78. The minimum atomic E-state index is 0.463. The van der Waals surface area contributed by atoms with Crippen molar-refractivity contribution in [1.29, 1.82) is 0 Å². The molecule has 1 aromatic rings. The number of hydrogen-bond acceptors (Lipinski definition) is 4. The summed E-state index contributed by atoms with van der Waals surface area (Å²) in [7, 11) is 0. The second-order valence-corrected chi connectivity index (χ2v) is 4.68. The fourth-order valence-electron chi connectivity index (χ4n) is 2.49. The molecule has 88 valence electrons. The molecule has 1 aliphatic heterocycles. The van der Waals surface area contributed by atoms with Crippen molar-refractivity contribution in [2.75, 3.05) is 11.4 Å². The van der Waals surface area contributed by atoms with Gasteiger partial charge in [-0.2, -0.15) is 0 Å². The largest absolute Gasteiger partial charge is 0.352 e. The molecule has 1 unspecified atom stereocenters. The lowest BCUT2D eigenvalue weighted by atomic mass is 10.0. The molecule has 1 fully saturated rings. The van der Waals surface area contributed by atoms with Gasteiger partial charge in [-0.05, 0) is 18.8 Å². The number of nitrogens with two attached hydrogens (primary N) is 1. The molecular formula is C12H20N4. The van der Waals surface area contributed by atoms with E-state index in [2.05, 4.69) is 28.7 Å². The number of anilines is 1. The molecule has 1 aromatic heterocycles. The first-order valence-electron chi connectivity index (χ1n) is 6.00. The number of nitrogens with zero attached hydrogens (tertiary/aromatic N) is 3. The van der Waals surface area contributed by atoms with E-state index in [1.165, 1.54) is 12.8 Å². The molecule has 2 N–H and O–H groups in total. The summed E-state index contributed by atoms with van der Waals surface area (Å²) >= 11 is 0. The SMILES string of the molecule is CC(C)C1CCCN1c1nccnc1CN. The van der Waals surface area contributed by atoms with Gasteiger partial charge < -0.3 is 10.6 Å². The van der Waals surface area contributed by atoms with Crippen molar-refractivity contribution in [2.45, 2.75) is 39.3 Å². The van der Waals surface area contributed by atoms with Gasteiger partial charge in [-0.3, -0.25) is 4.98 Å². The molecule has 0 aliphatic carbocycles. The third-order valence-corrected chi connectivity index (χ3v) is 3.29. The van der Waals surface area contributed by atoms with Crippen LogP contribution in [0.4, 0.5) is 5.82 Å². The molecule has 0 bridgehead atoms. The fourth-order valence-corrected chi connectivity index (χ4v) is 2.49. The molecular weight excluding hydrogens is 200 g/mol. The van der Waals surface area contributed by atoms with Crippen LogP contribution in [0.5, 0.6) is 0 Å². The van der Waals surface area contributed by atoms with Crippen LogP contribution in [0.15, 0.2) is 12.4 Å². The van der Waals surface area contributed by atoms with Gasteiger partial charge in [-0.1, -0.05) is 13.8 Å². The zero-order valence-electron chi connectivity index (χ0n) is 10.1. The first kappa shape index (κ1) is 11.3. The third kappa shape index (κ3) is 2.02. The highest BCUT2D eigenvalue weighted by Crippen LogP contribution is 2.29. The van der Waals surface area contributed by atoms with Crippen LogP contribution in [0.3, 0.4) is 0 Å². The molecule has 1 aliphatic rings. The Morgan fingerprint density at radius 3 is 2.88 bits per heavy atom. The van der Waals surface area contributed by atoms with Gasteiger partial charge in [0.1, 0.15) is 0 Å². The van der Waals surface area contributed by atoms with Crippen molar-refractivity contribution < 1.29 is 0 Å². The summed E-state index contributed by atoms with van der Waals surface area (Å²) in [6.45, 7) is 6.07. The lowest BCUT2D eigenvalue weighted by Gasteiger charge is -2.29. The highest BCUT2D eigenvalue weighted by molar-refractivity contribution is 5.45. The van der Waals surface area contributed by atoms with E-state index in [1.54, 1.807) is 12.4 Å². The van der Waals surface area contributed by atoms with Gasteiger partial charge in [0.25, 0.3) is 0 Å². The standard InChI is InChI=1S/C12H20N4/c1-9(2)11-4-3-7-16(11)12-10(8-13)14-5-6-15-12/h5-6,9,11H,3-4,7-8,13H2,1-2H3. The second-order valence-electron chi connectivity index (χ2n) is 4.68. The molecule has 1 saturated heterocycles. The zero-order chi connectivity index (χ0) is 11.5. The van der Waals surface area contributed by atoms with Gasteiger partial charge >= 0.3 is 0 Å². The summed E-state index contributed by atoms with van der Waals surface area (Å²) in [4.78, 5) is 11.1. The highest BCUT2D eigenvalue weighted by atomic mass is 15.2. The van der Waals surface area contributed by atoms with Gasteiger partial charge in [0.05, 0.1) is 5.69 Å². The molecule has 0 amide bonds. The lowest BCUT2D eigenvalue weighted by Crippen LogP contribution is -2.35. The summed E-state index contributed by atoms with van der Waals surface area (Å²) in [6, 6.07) is 0.585. The first-order valence-corrected chi connectivity index (χ1v) is 6.00. The molecule has 1 atom stereocenters. The molecule has 0 saturated carbocycles. The van der Waals surface area contributed by atoms with Crippen LogP contribution in [-0.2, 0) is 6.54 Å². The van der Waals surface area contributed by atoms with Crippen LogP contribution in [-0.4, -0.2) is 22.6 Å². The summed E-state index contributed by atoms with van der Waals surface area (Å²) in [5.41, 5.74) is 6.62. The predicted octanol–water partition coefficient (Wildman–Crippen LogP) is 1.56. The average molecular weight is 220 g/mol. The Morgan fingerprint density at radius 1 is 1.44 bits per heavy atom. The predicted molar refractivity (Wildman–Crippen MR) is 65.1 cm³/mol. The maximum atomic E-state index is 5.71. The Morgan fingerprint density at radius 2 is 2.19 bits per heavy atom. The summed E-state index contributed by atoms with van der Waals surface area (Å²) in [6.07, 6.45) is 5.96. The third-order valence-electron chi connectivity index (χ3n) is 3.29. The highest BCUT2D eigenvalue weighted by Gasteiger charge is 2.29. The number of hydrogen-bond donors (Lipinski definition) is 1. The van der Waals surface area contributed by atoms with Crippen molar-refractivity contribution in [3.63, 3.8) is 0 Å². The van der Waals surface area contributed by atoms with E-state index in [0.717, 1.165) is 18.1 Å². The average Bonchev–Trinajstić information content (AvgIpc) is 2.77. The van der Waals surface area contributed by atoms with E-state index in [4.69, 9.17) is 5.73 Å². The van der Waals surface area contributed by atoms with Crippen LogP contribution in [0.25, 0.3) is 0 Å². The molecule has 0 aromatic carbocycles. The molecule has 0 radical (unpaired) electrons. The van der Waals surface area contributed by atoms with Crippen molar-refractivity contribution in [3.05, 3.63) is 18.1 Å². The molecule has 4 nitrogen and oxygen atoms in total. The van der Waals surface area contributed by atoms with E-state index in [0.29, 0.717) is 18.5 Å². The van der Waals surface area contributed by atoms with Crippen molar-refractivity contribution in [1.82, 2.24) is 9.97 Å². The topological polar surface area (TPSA) is 55.0 Å². The zero-order valence-corrected chi connectivity index (χ0v) is 10.1. The van der Waals surface area contributed by atoms with E-state index in [1.807, 2.05) is 0 Å². The van der Waals surface area contributed by atoms with Crippen LogP contribution in [0.1, 0.15) is 32.4 Å². The number of aromatic nitrogens is 2. The van der Waals surface area contributed by atoms with Crippen LogP contribution < -0.4 is 10.6 Å². The summed E-state index contributed by atoms with van der Waals surface area (Å²) in [5, 5.41) is 0. The maximum absolute atomic E-state index is 5.71. The quantitative estimate of drug-likeness (QED) is 0.840. The summed E-state index contributed by atoms with van der Waals surface area (Å²) in [5.74, 6) is 1.64. The Bertz CT molecular complexity index is 351. The Kier molecular flexibility index (Phi) is 3.39. The smallest absolute Gasteiger partial charge is 0.151 e. The first-order chi connectivity index (χ1) is 7.74. The van der Waals surface area contributed by atoms with Gasteiger partial charge in [-0.25, -0.2) is 4.98 Å². The maximum Gasteiger partial charge on any atom is 0.151 e. The molecule has 4 heteroatoms. The Hall–Kier alpha value is -1.16. The monoisotopic (exact) mass is 220 g/mol. The van der Waals surface area contributed by atoms with Crippen LogP contribution >= 0.6 is 0 Å². The Labute approximate surface area is 96.9 Å². The van der Waals surface area contributed by atoms with Gasteiger partial charge in [0.2, 0.25) is 0 Å². The number of rotatable bonds is 3. The van der Waals surface area contributed by atoms with E-state index < -0.39 is 0 Å². The molecule has 2 heterocycles. The molecule has 16 heavy (non-hydrogen) atoms. The van der Waals surface area contributed by atoms with Gasteiger partial charge in [0, 0.05) is 31.5 Å². The molecule has 0 spiro atoms. The van der Waals surface area contributed by atoms with E-state index in [9.17, 15) is 0 Å².